The Morgan fingerprint density at radius 1 is 1.19 bits per heavy atom. The highest BCUT2D eigenvalue weighted by Crippen LogP contribution is 2.35. The number of methoxy groups -OCH3 is 1. The number of rotatable bonds is 5. The van der Waals surface area contributed by atoms with Crippen LogP contribution in [0.3, 0.4) is 0 Å². The van der Waals surface area contributed by atoms with Crippen molar-refractivity contribution in [2.45, 2.75) is 76.9 Å². The zero-order valence-electron chi connectivity index (χ0n) is 11.3. The SMILES string of the molecule is CCCC(C)C(N)C1(OC)CCCCCC1. The van der Waals surface area contributed by atoms with Gasteiger partial charge in [-0.3, -0.25) is 0 Å². The van der Waals surface area contributed by atoms with Crippen LogP contribution in [-0.4, -0.2) is 18.8 Å². The van der Waals surface area contributed by atoms with Gasteiger partial charge in [0.2, 0.25) is 0 Å². The Labute approximate surface area is 101 Å². The molecule has 0 amide bonds. The first kappa shape index (κ1) is 14.0. The number of ether oxygens (including phenoxy) is 1. The van der Waals surface area contributed by atoms with Gasteiger partial charge in [-0.25, -0.2) is 0 Å². The highest BCUT2D eigenvalue weighted by atomic mass is 16.5. The van der Waals surface area contributed by atoms with Gasteiger partial charge in [-0.1, -0.05) is 46.0 Å². The van der Waals surface area contributed by atoms with Crippen LogP contribution >= 0.6 is 0 Å². The second-order valence-electron chi connectivity index (χ2n) is 5.47. The molecule has 0 spiro atoms. The zero-order valence-corrected chi connectivity index (χ0v) is 11.3. The third-order valence-corrected chi connectivity index (χ3v) is 4.32. The fourth-order valence-corrected chi connectivity index (χ4v) is 3.15. The van der Waals surface area contributed by atoms with Crippen LogP contribution < -0.4 is 5.73 Å². The molecule has 0 bridgehead atoms. The van der Waals surface area contributed by atoms with Gasteiger partial charge < -0.3 is 10.5 Å². The van der Waals surface area contributed by atoms with Crippen molar-refractivity contribution in [2.24, 2.45) is 11.7 Å². The average molecular weight is 227 g/mol. The van der Waals surface area contributed by atoms with E-state index >= 15 is 0 Å². The van der Waals surface area contributed by atoms with Crippen molar-refractivity contribution in [2.75, 3.05) is 7.11 Å². The molecule has 96 valence electrons. The van der Waals surface area contributed by atoms with E-state index in [2.05, 4.69) is 13.8 Å². The molecule has 1 saturated carbocycles. The molecule has 1 rings (SSSR count). The van der Waals surface area contributed by atoms with E-state index in [0.29, 0.717) is 5.92 Å². The average Bonchev–Trinajstić information content (AvgIpc) is 2.54. The molecule has 0 aliphatic heterocycles. The highest BCUT2D eigenvalue weighted by molar-refractivity contribution is 4.94. The standard InChI is InChI=1S/C14H29NO/c1-4-9-12(2)13(15)14(16-3)10-7-5-6-8-11-14/h12-13H,4-11,15H2,1-3H3. The van der Waals surface area contributed by atoms with Crippen LogP contribution in [0.15, 0.2) is 0 Å². The molecule has 0 aromatic rings. The van der Waals surface area contributed by atoms with Crippen LogP contribution in [0.2, 0.25) is 0 Å². The summed E-state index contributed by atoms with van der Waals surface area (Å²) in [5, 5.41) is 0. The van der Waals surface area contributed by atoms with Crippen LogP contribution in [-0.2, 0) is 4.74 Å². The van der Waals surface area contributed by atoms with Crippen molar-refractivity contribution in [3.63, 3.8) is 0 Å². The second kappa shape index (κ2) is 6.61. The molecule has 2 N–H and O–H groups in total. The lowest BCUT2D eigenvalue weighted by Crippen LogP contribution is -2.52. The fourth-order valence-electron chi connectivity index (χ4n) is 3.15. The Balaban J connectivity index is 2.68. The van der Waals surface area contributed by atoms with Crippen LogP contribution in [0.5, 0.6) is 0 Å². The van der Waals surface area contributed by atoms with Crippen molar-refractivity contribution in [1.29, 1.82) is 0 Å². The second-order valence-corrected chi connectivity index (χ2v) is 5.47. The fraction of sp³-hybridized carbons (Fsp3) is 1.00. The molecule has 0 heterocycles. The third kappa shape index (κ3) is 3.21. The maximum Gasteiger partial charge on any atom is 0.0831 e. The Morgan fingerprint density at radius 3 is 2.19 bits per heavy atom. The molecule has 0 saturated heterocycles. The van der Waals surface area contributed by atoms with Crippen molar-refractivity contribution in [3.8, 4) is 0 Å². The summed E-state index contributed by atoms with van der Waals surface area (Å²) in [5.41, 5.74) is 6.43. The molecule has 0 aromatic carbocycles. The molecule has 0 aromatic heterocycles. The maximum absolute atomic E-state index is 6.47. The van der Waals surface area contributed by atoms with E-state index in [0.717, 1.165) is 12.8 Å². The molecular weight excluding hydrogens is 198 g/mol. The van der Waals surface area contributed by atoms with Crippen LogP contribution in [0.25, 0.3) is 0 Å². The summed E-state index contributed by atoms with van der Waals surface area (Å²) in [5.74, 6) is 0.572. The molecule has 1 aliphatic rings. The van der Waals surface area contributed by atoms with E-state index in [1.165, 1.54) is 38.5 Å². The highest BCUT2D eigenvalue weighted by Gasteiger charge is 2.39. The van der Waals surface area contributed by atoms with E-state index in [1.54, 1.807) is 0 Å². The van der Waals surface area contributed by atoms with Gasteiger partial charge in [-0.15, -0.1) is 0 Å². The Hall–Kier alpha value is -0.0800. The summed E-state index contributed by atoms with van der Waals surface area (Å²) in [6.45, 7) is 4.51. The van der Waals surface area contributed by atoms with Gasteiger partial charge in [0.05, 0.1) is 5.60 Å². The van der Waals surface area contributed by atoms with Crippen LogP contribution in [0, 0.1) is 5.92 Å². The molecule has 1 fully saturated rings. The Bertz CT molecular complexity index is 185. The normalized spacial score (nSPS) is 24.8. The molecule has 1 aliphatic carbocycles. The van der Waals surface area contributed by atoms with Crippen molar-refractivity contribution < 1.29 is 4.74 Å². The molecule has 2 nitrogen and oxygen atoms in total. The van der Waals surface area contributed by atoms with Crippen molar-refractivity contribution >= 4 is 0 Å². The quantitative estimate of drug-likeness (QED) is 0.730. The largest absolute Gasteiger partial charge is 0.377 e. The Morgan fingerprint density at radius 2 is 1.75 bits per heavy atom. The maximum atomic E-state index is 6.47. The predicted octanol–water partition coefficient (Wildman–Crippen LogP) is 3.49. The van der Waals surface area contributed by atoms with E-state index in [9.17, 15) is 0 Å². The molecule has 16 heavy (non-hydrogen) atoms. The first-order valence-electron chi connectivity index (χ1n) is 6.97. The molecule has 2 heteroatoms. The lowest BCUT2D eigenvalue weighted by Gasteiger charge is -2.40. The predicted molar refractivity (Wildman–Crippen MR) is 69.5 cm³/mol. The first-order chi connectivity index (χ1) is 7.66. The number of hydrogen-bond donors (Lipinski definition) is 1. The number of hydrogen-bond acceptors (Lipinski definition) is 2. The lowest BCUT2D eigenvalue weighted by molar-refractivity contribution is -0.0562. The van der Waals surface area contributed by atoms with E-state index in [-0.39, 0.29) is 11.6 Å². The summed E-state index contributed by atoms with van der Waals surface area (Å²) >= 11 is 0. The van der Waals surface area contributed by atoms with Gasteiger partial charge in [0.25, 0.3) is 0 Å². The molecule has 2 unspecified atom stereocenters. The van der Waals surface area contributed by atoms with E-state index in [1.807, 2.05) is 7.11 Å². The number of nitrogens with two attached hydrogens (primary N) is 1. The van der Waals surface area contributed by atoms with Crippen molar-refractivity contribution in [1.82, 2.24) is 0 Å². The van der Waals surface area contributed by atoms with Gasteiger partial charge in [0, 0.05) is 13.2 Å². The van der Waals surface area contributed by atoms with Crippen LogP contribution in [0.4, 0.5) is 0 Å². The van der Waals surface area contributed by atoms with Gasteiger partial charge in [-0.2, -0.15) is 0 Å². The molecule has 2 atom stereocenters. The summed E-state index contributed by atoms with van der Waals surface area (Å²) in [7, 11) is 1.85. The topological polar surface area (TPSA) is 35.2 Å². The summed E-state index contributed by atoms with van der Waals surface area (Å²) in [6, 6.07) is 0.204. The van der Waals surface area contributed by atoms with E-state index in [4.69, 9.17) is 10.5 Å². The van der Waals surface area contributed by atoms with E-state index < -0.39 is 0 Å². The summed E-state index contributed by atoms with van der Waals surface area (Å²) in [4.78, 5) is 0. The van der Waals surface area contributed by atoms with Gasteiger partial charge in [0.1, 0.15) is 0 Å². The minimum Gasteiger partial charge on any atom is -0.377 e. The third-order valence-electron chi connectivity index (χ3n) is 4.32. The smallest absolute Gasteiger partial charge is 0.0831 e. The van der Waals surface area contributed by atoms with Crippen LogP contribution in [0.1, 0.15) is 65.2 Å². The first-order valence-corrected chi connectivity index (χ1v) is 6.97. The minimum absolute atomic E-state index is 0.0366. The minimum atomic E-state index is -0.0366. The Kier molecular flexibility index (Phi) is 5.77. The zero-order chi connectivity index (χ0) is 12.0. The monoisotopic (exact) mass is 227 g/mol. The van der Waals surface area contributed by atoms with Crippen molar-refractivity contribution in [3.05, 3.63) is 0 Å². The molecular formula is C14H29NO. The van der Waals surface area contributed by atoms with Gasteiger partial charge in [-0.05, 0) is 25.2 Å². The van der Waals surface area contributed by atoms with Gasteiger partial charge >= 0.3 is 0 Å². The summed E-state index contributed by atoms with van der Waals surface area (Å²) < 4.78 is 5.86. The molecule has 0 radical (unpaired) electrons. The van der Waals surface area contributed by atoms with Gasteiger partial charge in [0.15, 0.2) is 0 Å². The summed E-state index contributed by atoms with van der Waals surface area (Å²) in [6.07, 6.45) is 9.99. The lowest BCUT2D eigenvalue weighted by atomic mass is 9.79.